The molecule has 6 heteroatoms. The highest BCUT2D eigenvalue weighted by molar-refractivity contribution is 6.30. The third-order valence-electron chi connectivity index (χ3n) is 3.02. The van der Waals surface area contributed by atoms with E-state index in [0.717, 1.165) is 17.0 Å². The molecule has 4 nitrogen and oxygen atoms in total. The molecule has 2 aromatic rings. The average molecular weight is 283 g/mol. The Labute approximate surface area is 116 Å². The van der Waals surface area contributed by atoms with Gasteiger partial charge in [-0.1, -0.05) is 17.7 Å². The minimum absolute atomic E-state index is 0.104. The number of nitrogens with zero attached hydrogens (tertiary/aromatic N) is 2. The summed E-state index contributed by atoms with van der Waals surface area (Å²) in [4.78, 5) is 0. The maximum atomic E-state index is 13.1. The number of rotatable bonds is 4. The highest BCUT2D eigenvalue weighted by atomic mass is 35.5. The van der Waals surface area contributed by atoms with Crippen molar-refractivity contribution in [3.8, 4) is 0 Å². The molecular weight excluding hydrogens is 267 g/mol. The monoisotopic (exact) mass is 282 g/mol. The summed E-state index contributed by atoms with van der Waals surface area (Å²) in [7, 11) is 1.87. The first kappa shape index (κ1) is 14.0. The normalized spacial score (nSPS) is 12.7. The highest BCUT2D eigenvalue weighted by Crippen LogP contribution is 2.22. The van der Waals surface area contributed by atoms with Gasteiger partial charge >= 0.3 is 0 Å². The molecule has 1 atom stereocenters. The molecule has 0 radical (unpaired) electrons. The molecule has 1 aromatic carbocycles. The maximum Gasteiger partial charge on any atom is 0.141 e. The molecule has 0 amide bonds. The Hall–Kier alpha value is -1.43. The van der Waals surface area contributed by atoms with Crippen LogP contribution in [0.15, 0.2) is 24.3 Å². The fourth-order valence-electron chi connectivity index (χ4n) is 2.11. The molecule has 19 heavy (non-hydrogen) atoms. The molecule has 0 saturated carbocycles. The van der Waals surface area contributed by atoms with Crippen LogP contribution in [0.2, 0.25) is 5.02 Å². The summed E-state index contributed by atoms with van der Waals surface area (Å²) < 4.78 is 14.9. The summed E-state index contributed by atoms with van der Waals surface area (Å²) in [6, 6.07) is 6.54. The second kappa shape index (κ2) is 5.69. The Morgan fingerprint density at radius 1 is 1.47 bits per heavy atom. The number of hydrogen-bond acceptors (Lipinski definition) is 3. The Balaban J connectivity index is 2.23. The van der Waals surface area contributed by atoms with Crippen molar-refractivity contribution in [1.82, 2.24) is 15.2 Å². The van der Waals surface area contributed by atoms with E-state index >= 15 is 0 Å². The van der Waals surface area contributed by atoms with E-state index in [2.05, 4.69) is 10.5 Å². The Morgan fingerprint density at radius 3 is 2.74 bits per heavy atom. The molecule has 0 fully saturated rings. The van der Waals surface area contributed by atoms with Crippen LogP contribution < -0.4 is 11.3 Å². The number of hydrazine groups is 1. The molecule has 1 heterocycles. The van der Waals surface area contributed by atoms with Crippen LogP contribution in [0.1, 0.15) is 23.0 Å². The molecule has 3 N–H and O–H groups in total. The van der Waals surface area contributed by atoms with Crippen molar-refractivity contribution in [2.75, 3.05) is 0 Å². The van der Waals surface area contributed by atoms with E-state index < -0.39 is 5.82 Å². The first-order chi connectivity index (χ1) is 9.01. The molecule has 0 aliphatic heterocycles. The van der Waals surface area contributed by atoms with E-state index in [1.54, 1.807) is 16.8 Å². The van der Waals surface area contributed by atoms with E-state index in [0.29, 0.717) is 6.42 Å². The summed E-state index contributed by atoms with van der Waals surface area (Å²) in [5.41, 5.74) is 5.57. The summed E-state index contributed by atoms with van der Waals surface area (Å²) in [6.45, 7) is 1.92. The Morgan fingerprint density at radius 2 is 2.21 bits per heavy atom. The topological polar surface area (TPSA) is 55.9 Å². The molecule has 0 saturated heterocycles. The van der Waals surface area contributed by atoms with Gasteiger partial charge in [0.05, 0.1) is 22.5 Å². The van der Waals surface area contributed by atoms with Gasteiger partial charge in [-0.05, 0) is 37.1 Å². The van der Waals surface area contributed by atoms with Crippen LogP contribution in [0, 0.1) is 12.7 Å². The van der Waals surface area contributed by atoms with Crippen LogP contribution >= 0.6 is 11.6 Å². The highest BCUT2D eigenvalue weighted by Gasteiger charge is 2.16. The van der Waals surface area contributed by atoms with Crippen LogP contribution in [-0.2, 0) is 13.5 Å². The minimum atomic E-state index is -0.418. The van der Waals surface area contributed by atoms with Crippen LogP contribution in [0.5, 0.6) is 0 Å². The van der Waals surface area contributed by atoms with Gasteiger partial charge in [-0.15, -0.1) is 0 Å². The lowest BCUT2D eigenvalue weighted by molar-refractivity contribution is 0.508. The third kappa shape index (κ3) is 3.12. The van der Waals surface area contributed by atoms with Crippen molar-refractivity contribution >= 4 is 11.6 Å². The van der Waals surface area contributed by atoms with Gasteiger partial charge in [-0.25, -0.2) is 4.39 Å². The van der Waals surface area contributed by atoms with Gasteiger partial charge in [0.1, 0.15) is 5.82 Å². The summed E-state index contributed by atoms with van der Waals surface area (Å²) in [5.74, 6) is 5.18. The number of aromatic nitrogens is 2. The Kier molecular flexibility index (Phi) is 4.19. The van der Waals surface area contributed by atoms with Crippen LogP contribution in [0.25, 0.3) is 0 Å². The van der Waals surface area contributed by atoms with Gasteiger partial charge in [0, 0.05) is 7.05 Å². The van der Waals surface area contributed by atoms with Gasteiger partial charge in [-0.3, -0.25) is 16.0 Å². The van der Waals surface area contributed by atoms with Gasteiger partial charge < -0.3 is 0 Å². The average Bonchev–Trinajstić information content (AvgIpc) is 2.70. The summed E-state index contributed by atoms with van der Waals surface area (Å²) >= 11 is 5.78. The predicted molar refractivity (Wildman–Crippen MR) is 73.1 cm³/mol. The SMILES string of the molecule is Cc1cc(C(Cc2ccc(F)c(Cl)c2)NN)n(C)n1. The second-order valence-corrected chi connectivity index (χ2v) is 4.91. The quantitative estimate of drug-likeness (QED) is 0.668. The maximum absolute atomic E-state index is 13.1. The number of hydrogen-bond donors (Lipinski definition) is 2. The van der Waals surface area contributed by atoms with Crippen molar-refractivity contribution in [2.45, 2.75) is 19.4 Å². The van der Waals surface area contributed by atoms with Gasteiger partial charge in [0.25, 0.3) is 0 Å². The van der Waals surface area contributed by atoms with E-state index in [9.17, 15) is 4.39 Å². The largest absolute Gasteiger partial charge is 0.271 e. The summed E-state index contributed by atoms with van der Waals surface area (Å²) in [5, 5.41) is 4.41. The zero-order chi connectivity index (χ0) is 14.0. The molecule has 102 valence electrons. The van der Waals surface area contributed by atoms with Crippen molar-refractivity contribution in [2.24, 2.45) is 12.9 Å². The standard InChI is InChI=1S/C13H16ClFN4/c1-8-5-13(19(2)18-8)12(17-16)7-9-3-4-11(15)10(14)6-9/h3-6,12,17H,7,16H2,1-2H3. The zero-order valence-electron chi connectivity index (χ0n) is 10.8. The van der Waals surface area contributed by atoms with Crippen molar-refractivity contribution < 1.29 is 4.39 Å². The first-order valence-electron chi connectivity index (χ1n) is 5.92. The van der Waals surface area contributed by atoms with E-state index in [4.69, 9.17) is 17.4 Å². The van der Waals surface area contributed by atoms with Crippen LogP contribution in [0.3, 0.4) is 0 Å². The Bertz CT molecular complexity index is 582. The fraction of sp³-hybridized carbons (Fsp3) is 0.308. The van der Waals surface area contributed by atoms with Gasteiger partial charge in [-0.2, -0.15) is 5.10 Å². The summed E-state index contributed by atoms with van der Waals surface area (Å²) in [6.07, 6.45) is 0.607. The number of benzene rings is 1. The lowest BCUT2D eigenvalue weighted by Crippen LogP contribution is -2.31. The van der Waals surface area contributed by atoms with Crippen LogP contribution in [-0.4, -0.2) is 9.78 Å². The number of nitrogens with one attached hydrogen (secondary N) is 1. The molecule has 0 aliphatic rings. The van der Waals surface area contributed by atoms with Crippen molar-refractivity contribution in [3.63, 3.8) is 0 Å². The number of halogens is 2. The predicted octanol–water partition coefficient (Wildman–Crippen LogP) is 2.27. The molecule has 0 aliphatic carbocycles. The first-order valence-corrected chi connectivity index (χ1v) is 6.29. The van der Waals surface area contributed by atoms with Gasteiger partial charge in [0.15, 0.2) is 0 Å². The molecule has 1 unspecified atom stereocenters. The number of aryl methyl sites for hydroxylation is 2. The van der Waals surface area contributed by atoms with Gasteiger partial charge in [0.2, 0.25) is 0 Å². The van der Waals surface area contributed by atoms with E-state index in [1.807, 2.05) is 20.0 Å². The fourth-order valence-corrected chi connectivity index (χ4v) is 2.31. The second-order valence-electron chi connectivity index (χ2n) is 4.51. The van der Waals surface area contributed by atoms with Crippen LogP contribution in [0.4, 0.5) is 4.39 Å². The number of nitrogens with two attached hydrogens (primary N) is 1. The minimum Gasteiger partial charge on any atom is -0.271 e. The molecule has 0 spiro atoms. The molecule has 2 rings (SSSR count). The third-order valence-corrected chi connectivity index (χ3v) is 3.31. The molecule has 1 aromatic heterocycles. The lowest BCUT2D eigenvalue weighted by Gasteiger charge is -2.16. The zero-order valence-corrected chi connectivity index (χ0v) is 11.6. The smallest absolute Gasteiger partial charge is 0.141 e. The van der Waals surface area contributed by atoms with Crippen molar-refractivity contribution in [3.05, 3.63) is 52.1 Å². The van der Waals surface area contributed by atoms with E-state index in [-0.39, 0.29) is 11.1 Å². The van der Waals surface area contributed by atoms with E-state index in [1.165, 1.54) is 6.07 Å². The molecular formula is C13H16ClFN4. The van der Waals surface area contributed by atoms with Crippen molar-refractivity contribution in [1.29, 1.82) is 0 Å². The molecule has 0 bridgehead atoms. The lowest BCUT2D eigenvalue weighted by atomic mass is 10.0.